The average molecular weight is 342 g/mol. The fourth-order valence-corrected chi connectivity index (χ4v) is 4.39. The van der Waals surface area contributed by atoms with Gasteiger partial charge in [0.05, 0.1) is 0 Å². The molecule has 2 fully saturated rings. The van der Waals surface area contributed by atoms with Crippen LogP contribution in [0.2, 0.25) is 0 Å². The second-order valence-electron chi connectivity index (χ2n) is 8.08. The van der Waals surface area contributed by atoms with Crippen LogP contribution in [0, 0.1) is 17.8 Å². The minimum atomic E-state index is -0.292. The summed E-state index contributed by atoms with van der Waals surface area (Å²) in [7, 11) is 0. The van der Waals surface area contributed by atoms with Gasteiger partial charge < -0.3 is 9.80 Å². The molecule has 4 nitrogen and oxygen atoms in total. The van der Waals surface area contributed by atoms with Crippen LogP contribution in [-0.4, -0.2) is 47.8 Å². The molecule has 0 spiro atoms. The lowest BCUT2D eigenvalue weighted by Gasteiger charge is -2.37. The Kier molecular flexibility index (Phi) is 5.77. The van der Waals surface area contributed by atoms with Gasteiger partial charge in [-0.05, 0) is 49.0 Å². The van der Waals surface area contributed by atoms with Gasteiger partial charge in [0.15, 0.2) is 0 Å². The van der Waals surface area contributed by atoms with Crippen LogP contribution in [0.4, 0.5) is 0 Å². The van der Waals surface area contributed by atoms with E-state index >= 15 is 0 Å². The molecular weight excluding hydrogens is 312 g/mol. The third-order valence-corrected chi connectivity index (χ3v) is 5.61. The van der Waals surface area contributed by atoms with E-state index in [0.717, 1.165) is 38.8 Å². The topological polar surface area (TPSA) is 40.6 Å². The average Bonchev–Trinajstić information content (AvgIpc) is 2.61. The maximum atomic E-state index is 12.6. The summed E-state index contributed by atoms with van der Waals surface area (Å²) in [6.07, 6.45) is 4.18. The Morgan fingerprint density at radius 3 is 2.08 bits per heavy atom. The lowest BCUT2D eigenvalue weighted by atomic mass is 9.90. The van der Waals surface area contributed by atoms with Crippen molar-refractivity contribution in [1.29, 1.82) is 0 Å². The second-order valence-corrected chi connectivity index (χ2v) is 8.08. The highest BCUT2D eigenvalue weighted by molar-refractivity contribution is 6.34. The van der Waals surface area contributed by atoms with Crippen LogP contribution in [-0.2, 0) is 16.0 Å². The molecule has 0 N–H and O–H groups in total. The largest absolute Gasteiger partial charge is 0.334 e. The number of nitrogens with zero attached hydrogens (tertiary/aromatic N) is 2. The molecule has 0 bridgehead atoms. The van der Waals surface area contributed by atoms with Gasteiger partial charge in [-0.2, -0.15) is 0 Å². The Bertz CT molecular complexity index is 583. The Morgan fingerprint density at radius 2 is 1.48 bits per heavy atom. The quantitative estimate of drug-likeness (QED) is 0.775. The minimum Gasteiger partial charge on any atom is -0.334 e. The zero-order valence-electron chi connectivity index (χ0n) is 15.5. The number of amides is 2. The number of piperidine rings is 2. The molecule has 25 heavy (non-hydrogen) atoms. The summed E-state index contributed by atoms with van der Waals surface area (Å²) in [5, 5.41) is 0. The van der Waals surface area contributed by atoms with Gasteiger partial charge in [-0.25, -0.2) is 0 Å². The van der Waals surface area contributed by atoms with Crippen molar-refractivity contribution in [3.05, 3.63) is 35.9 Å². The van der Waals surface area contributed by atoms with Crippen LogP contribution < -0.4 is 0 Å². The molecule has 1 aromatic rings. The van der Waals surface area contributed by atoms with E-state index in [-0.39, 0.29) is 11.8 Å². The van der Waals surface area contributed by atoms with E-state index < -0.39 is 0 Å². The van der Waals surface area contributed by atoms with E-state index in [1.165, 1.54) is 5.56 Å². The van der Waals surface area contributed by atoms with E-state index in [0.29, 0.717) is 30.8 Å². The fraction of sp³-hybridized carbons (Fsp3) is 0.619. The van der Waals surface area contributed by atoms with Crippen molar-refractivity contribution in [2.75, 3.05) is 26.2 Å². The molecule has 136 valence electrons. The first-order valence-corrected chi connectivity index (χ1v) is 9.65. The van der Waals surface area contributed by atoms with Crippen LogP contribution in [0.25, 0.3) is 0 Å². The van der Waals surface area contributed by atoms with Gasteiger partial charge in [-0.3, -0.25) is 9.59 Å². The fourth-order valence-electron chi connectivity index (χ4n) is 4.39. The zero-order chi connectivity index (χ0) is 17.8. The molecule has 0 aromatic heterocycles. The third-order valence-electron chi connectivity index (χ3n) is 5.61. The number of hydrogen-bond acceptors (Lipinski definition) is 2. The predicted octanol–water partition coefficient (Wildman–Crippen LogP) is 2.97. The number of hydrogen-bond donors (Lipinski definition) is 0. The van der Waals surface area contributed by atoms with Crippen LogP contribution in [0.3, 0.4) is 0 Å². The Labute approximate surface area is 151 Å². The SMILES string of the molecule is CC1CC(C)CN(C(=O)C(=O)N2CCC(Cc3ccccc3)CC2)C1. The molecule has 2 saturated heterocycles. The summed E-state index contributed by atoms with van der Waals surface area (Å²) < 4.78 is 0. The lowest BCUT2D eigenvalue weighted by Crippen LogP contribution is -2.51. The Balaban J connectivity index is 1.50. The smallest absolute Gasteiger partial charge is 0.312 e. The van der Waals surface area contributed by atoms with Gasteiger partial charge in [0.25, 0.3) is 0 Å². The second kappa shape index (κ2) is 8.03. The van der Waals surface area contributed by atoms with Gasteiger partial charge in [-0.15, -0.1) is 0 Å². The van der Waals surface area contributed by atoms with Crippen LogP contribution >= 0.6 is 0 Å². The van der Waals surface area contributed by atoms with Crippen molar-refractivity contribution < 1.29 is 9.59 Å². The molecule has 2 amide bonds. The van der Waals surface area contributed by atoms with Crippen molar-refractivity contribution in [2.24, 2.45) is 17.8 Å². The van der Waals surface area contributed by atoms with Crippen LogP contribution in [0.15, 0.2) is 30.3 Å². The molecule has 1 aromatic carbocycles. The van der Waals surface area contributed by atoms with Gasteiger partial charge in [-0.1, -0.05) is 44.2 Å². The van der Waals surface area contributed by atoms with E-state index in [1.54, 1.807) is 9.80 Å². The highest BCUT2D eigenvalue weighted by Crippen LogP contribution is 2.24. The van der Waals surface area contributed by atoms with Gasteiger partial charge in [0, 0.05) is 26.2 Å². The summed E-state index contributed by atoms with van der Waals surface area (Å²) in [6.45, 7) is 7.19. The minimum absolute atomic E-state index is 0.292. The summed E-state index contributed by atoms with van der Waals surface area (Å²) in [5.41, 5.74) is 1.36. The van der Waals surface area contributed by atoms with Crippen molar-refractivity contribution in [3.8, 4) is 0 Å². The summed E-state index contributed by atoms with van der Waals surface area (Å²) in [5.74, 6) is 0.991. The molecular formula is C21H30N2O2. The van der Waals surface area contributed by atoms with Crippen LogP contribution in [0.5, 0.6) is 0 Å². The van der Waals surface area contributed by atoms with E-state index in [2.05, 4.69) is 38.1 Å². The number of benzene rings is 1. The first kappa shape index (κ1) is 18.0. The molecule has 0 saturated carbocycles. The monoisotopic (exact) mass is 342 g/mol. The Morgan fingerprint density at radius 1 is 0.920 bits per heavy atom. The highest BCUT2D eigenvalue weighted by Gasteiger charge is 2.33. The standard InChI is InChI=1S/C21H30N2O2/c1-16-12-17(2)15-23(14-16)21(25)20(24)22-10-8-19(9-11-22)13-18-6-4-3-5-7-18/h3-7,16-17,19H,8-15H2,1-2H3. The number of rotatable bonds is 2. The highest BCUT2D eigenvalue weighted by atomic mass is 16.2. The molecule has 0 radical (unpaired) electrons. The third kappa shape index (κ3) is 4.62. The van der Waals surface area contributed by atoms with Crippen molar-refractivity contribution in [3.63, 3.8) is 0 Å². The first-order chi connectivity index (χ1) is 12.0. The van der Waals surface area contributed by atoms with Crippen LogP contribution in [0.1, 0.15) is 38.7 Å². The first-order valence-electron chi connectivity index (χ1n) is 9.65. The predicted molar refractivity (Wildman–Crippen MR) is 99.0 cm³/mol. The Hall–Kier alpha value is -1.84. The summed E-state index contributed by atoms with van der Waals surface area (Å²) in [6, 6.07) is 10.5. The number of likely N-dealkylation sites (tertiary alicyclic amines) is 2. The van der Waals surface area contributed by atoms with Crippen molar-refractivity contribution in [2.45, 2.75) is 39.5 Å². The van der Waals surface area contributed by atoms with E-state index in [1.807, 2.05) is 6.07 Å². The maximum Gasteiger partial charge on any atom is 0.312 e. The number of carbonyl (C=O) groups excluding carboxylic acids is 2. The maximum absolute atomic E-state index is 12.6. The molecule has 2 aliphatic rings. The van der Waals surface area contributed by atoms with Crippen molar-refractivity contribution in [1.82, 2.24) is 9.80 Å². The van der Waals surface area contributed by atoms with E-state index in [9.17, 15) is 9.59 Å². The summed E-state index contributed by atoms with van der Waals surface area (Å²) >= 11 is 0. The molecule has 3 rings (SSSR count). The van der Waals surface area contributed by atoms with Gasteiger partial charge in [0.1, 0.15) is 0 Å². The molecule has 4 heteroatoms. The van der Waals surface area contributed by atoms with Gasteiger partial charge >= 0.3 is 11.8 Å². The zero-order valence-corrected chi connectivity index (χ0v) is 15.5. The lowest BCUT2D eigenvalue weighted by molar-refractivity contribution is -0.154. The molecule has 0 aliphatic carbocycles. The number of carbonyl (C=O) groups is 2. The van der Waals surface area contributed by atoms with Crippen molar-refractivity contribution >= 4 is 11.8 Å². The molecule has 2 aliphatic heterocycles. The molecule has 2 unspecified atom stereocenters. The molecule has 2 atom stereocenters. The van der Waals surface area contributed by atoms with E-state index in [4.69, 9.17) is 0 Å². The normalized spacial score (nSPS) is 25.0. The molecule has 2 heterocycles. The van der Waals surface area contributed by atoms with Gasteiger partial charge in [0.2, 0.25) is 0 Å². The summed E-state index contributed by atoms with van der Waals surface area (Å²) in [4.78, 5) is 28.8.